The van der Waals surface area contributed by atoms with Gasteiger partial charge in [0.15, 0.2) is 12.4 Å². The van der Waals surface area contributed by atoms with Crippen molar-refractivity contribution in [2.45, 2.75) is 17.8 Å². The predicted molar refractivity (Wildman–Crippen MR) is 144 cm³/mol. The van der Waals surface area contributed by atoms with Crippen LogP contribution in [0, 0.1) is 0 Å². The summed E-state index contributed by atoms with van der Waals surface area (Å²) in [7, 11) is 0. The van der Waals surface area contributed by atoms with E-state index in [0.29, 0.717) is 28.6 Å². The highest BCUT2D eigenvalue weighted by atomic mass is 32.2. The van der Waals surface area contributed by atoms with Crippen molar-refractivity contribution in [2.75, 3.05) is 6.61 Å². The maximum Gasteiger partial charge on any atom is 0.333 e. The molecule has 8 heteroatoms. The van der Waals surface area contributed by atoms with Gasteiger partial charge in [-0.05, 0) is 35.0 Å². The molecule has 38 heavy (non-hydrogen) atoms. The average Bonchev–Trinajstić information content (AvgIpc) is 3.23. The Morgan fingerprint density at radius 2 is 1.32 bits per heavy atom. The summed E-state index contributed by atoms with van der Waals surface area (Å²) >= 11 is 0.622. The summed E-state index contributed by atoms with van der Waals surface area (Å²) in [6.07, 6.45) is -0.0476. The Morgan fingerprint density at radius 3 is 1.92 bits per heavy atom. The molecule has 1 N–H and O–H groups in total. The molecule has 0 radical (unpaired) electrons. The Balaban J connectivity index is 1.42. The number of carbonyl (C=O) groups excluding carboxylic acids is 4. The zero-order valence-corrected chi connectivity index (χ0v) is 21.2. The lowest BCUT2D eigenvalue weighted by Gasteiger charge is -2.22. The van der Waals surface area contributed by atoms with E-state index in [9.17, 15) is 19.2 Å². The van der Waals surface area contributed by atoms with Gasteiger partial charge in [0.2, 0.25) is 4.75 Å². The highest BCUT2D eigenvalue weighted by Gasteiger charge is 2.55. The fraction of sp³-hybridized carbons (Fsp3) is 0.133. The van der Waals surface area contributed by atoms with Gasteiger partial charge in [-0.15, -0.1) is 0 Å². The lowest BCUT2D eigenvalue weighted by atomic mass is 9.97. The van der Waals surface area contributed by atoms with Crippen LogP contribution < -0.4 is 10.1 Å². The largest absolute Gasteiger partial charge is 0.485 e. The highest BCUT2D eigenvalue weighted by Crippen LogP contribution is 2.37. The van der Waals surface area contributed by atoms with Gasteiger partial charge in [-0.3, -0.25) is 19.7 Å². The van der Waals surface area contributed by atoms with Crippen LogP contribution in [0.3, 0.4) is 0 Å². The summed E-state index contributed by atoms with van der Waals surface area (Å²) in [4.78, 5) is 50.4. The van der Waals surface area contributed by atoms with E-state index in [0.717, 1.165) is 5.56 Å². The SMILES string of the molecule is O=C1NC(=O)C(Cc2ccc(OCC(=O)c3ccccccccc3)cc2)(C(=O)OCc2ccccc2)S1. The molecular weight excluding hydrogens is 502 g/mol. The first-order valence-corrected chi connectivity index (χ1v) is 12.7. The topological polar surface area (TPSA) is 98.8 Å². The van der Waals surface area contributed by atoms with Crippen LogP contribution in [0.4, 0.5) is 4.79 Å². The maximum absolute atomic E-state index is 13.0. The molecular formula is C30H25NO6S. The number of Topliss-reactive ketones (excluding diaryl/α,β-unsaturated/α-hetero) is 1. The molecule has 1 aliphatic rings. The summed E-state index contributed by atoms with van der Waals surface area (Å²) in [5.74, 6) is -1.23. The summed E-state index contributed by atoms with van der Waals surface area (Å²) in [6, 6.07) is 32.0. The molecule has 7 nitrogen and oxygen atoms in total. The molecule has 4 rings (SSSR count). The van der Waals surface area contributed by atoms with Gasteiger partial charge in [-0.2, -0.15) is 0 Å². The molecule has 2 amide bonds. The maximum atomic E-state index is 13.0. The quantitative estimate of drug-likeness (QED) is 0.235. The molecule has 0 saturated carbocycles. The van der Waals surface area contributed by atoms with E-state index < -0.39 is 21.9 Å². The standard InChI is InChI=1S/C30H25NO6S/c32-26(24-13-9-4-2-1-3-5-10-14-24)21-36-25-17-15-22(16-18-25)19-30(27(33)31-29(35)38-30)28(34)37-20-23-11-7-6-8-12-23/h1-18H,19-21H2,(H,31,33,35). The summed E-state index contributed by atoms with van der Waals surface area (Å²) in [6.45, 7) is -0.177. The minimum atomic E-state index is -1.73. The number of ether oxygens (including phenoxy) is 2. The van der Waals surface area contributed by atoms with Crippen LogP contribution in [0.5, 0.6) is 5.75 Å². The Morgan fingerprint density at radius 1 is 0.737 bits per heavy atom. The monoisotopic (exact) mass is 527 g/mol. The van der Waals surface area contributed by atoms with Crippen molar-refractivity contribution in [3.8, 4) is 5.75 Å². The number of benzene rings is 2. The van der Waals surface area contributed by atoms with Gasteiger partial charge in [0.25, 0.3) is 11.1 Å². The van der Waals surface area contributed by atoms with Crippen molar-refractivity contribution >= 4 is 34.7 Å². The predicted octanol–water partition coefficient (Wildman–Crippen LogP) is 5.08. The normalized spacial score (nSPS) is 16.2. The summed E-state index contributed by atoms with van der Waals surface area (Å²) < 4.78 is 9.36. The number of ketones is 1. The number of hydrogen-bond acceptors (Lipinski definition) is 7. The summed E-state index contributed by atoms with van der Waals surface area (Å²) in [5, 5.41) is 1.60. The van der Waals surface area contributed by atoms with E-state index in [1.165, 1.54) is 0 Å². The first kappa shape index (κ1) is 26.6. The molecule has 1 fully saturated rings. The Hall–Kier alpha value is -4.43. The third-order valence-corrected chi connectivity index (χ3v) is 6.81. The van der Waals surface area contributed by atoms with Gasteiger partial charge in [0.05, 0.1) is 0 Å². The zero-order valence-electron chi connectivity index (χ0n) is 20.4. The van der Waals surface area contributed by atoms with Crippen molar-refractivity contribution in [3.63, 3.8) is 0 Å². The van der Waals surface area contributed by atoms with Crippen molar-refractivity contribution in [2.24, 2.45) is 0 Å². The number of thioether (sulfide) groups is 1. The van der Waals surface area contributed by atoms with Crippen LogP contribution >= 0.6 is 11.8 Å². The number of esters is 1. The van der Waals surface area contributed by atoms with E-state index in [2.05, 4.69) is 5.32 Å². The van der Waals surface area contributed by atoms with E-state index >= 15 is 0 Å². The molecule has 192 valence electrons. The minimum absolute atomic E-state index is 0.0152. The number of rotatable bonds is 9. The van der Waals surface area contributed by atoms with Crippen LogP contribution in [0.1, 0.15) is 21.5 Å². The van der Waals surface area contributed by atoms with Gasteiger partial charge < -0.3 is 9.47 Å². The Labute approximate surface area is 224 Å². The van der Waals surface area contributed by atoms with Crippen molar-refractivity contribution in [1.29, 1.82) is 0 Å². The lowest BCUT2D eigenvalue weighted by molar-refractivity contribution is -0.150. The van der Waals surface area contributed by atoms with Gasteiger partial charge in [-0.1, -0.05) is 97.1 Å². The first-order chi connectivity index (χ1) is 18.5. The number of imide groups is 1. The van der Waals surface area contributed by atoms with Crippen LogP contribution in [0.25, 0.3) is 0 Å². The first-order valence-electron chi connectivity index (χ1n) is 11.9. The molecule has 0 bridgehead atoms. The fourth-order valence-electron chi connectivity index (χ4n) is 3.69. The van der Waals surface area contributed by atoms with Gasteiger partial charge >= 0.3 is 5.97 Å². The van der Waals surface area contributed by atoms with E-state index in [1.807, 2.05) is 48.5 Å². The minimum Gasteiger partial charge on any atom is -0.485 e. The van der Waals surface area contributed by atoms with Gasteiger partial charge in [0.1, 0.15) is 12.4 Å². The third kappa shape index (κ3) is 6.86. The fourth-order valence-corrected chi connectivity index (χ4v) is 4.68. The molecule has 3 aromatic carbocycles. The number of hydrogen-bond donors (Lipinski definition) is 1. The van der Waals surface area contributed by atoms with Crippen molar-refractivity contribution in [3.05, 3.63) is 126 Å². The van der Waals surface area contributed by atoms with Crippen molar-refractivity contribution in [1.82, 2.24) is 5.32 Å². The van der Waals surface area contributed by atoms with Crippen LogP contribution in [0.15, 0.2) is 109 Å². The number of carbonyl (C=O) groups is 4. The molecule has 1 atom stereocenters. The molecule has 0 aliphatic carbocycles. The Kier molecular flexibility index (Phi) is 8.89. The van der Waals surface area contributed by atoms with Crippen molar-refractivity contribution < 1.29 is 28.7 Å². The number of nitrogens with one attached hydrogen (secondary N) is 1. The van der Waals surface area contributed by atoms with Crippen LogP contribution in [-0.2, 0) is 27.4 Å². The molecule has 1 heterocycles. The van der Waals surface area contributed by atoms with E-state index in [-0.39, 0.29) is 25.4 Å². The smallest absolute Gasteiger partial charge is 0.333 e. The second-order valence-corrected chi connectivity index (χ2v) is 9.67. The van der Waals surface area contributed by atoms with E-state index in [4.69, 9.17) is 9.47 Å². The zero-order chi connectivity index (χ0) is 26.8. The third-order valence-electron chi connectivity index (χ3n) is 5.68. The molecule has 3 aromatic rings. The second kappa shape index (κ2) is 12.7. The average molecular weight is 528 g/mol. The van der Waals surface area contributed by atoms with Crippen LogP contribution in [-0.4, -0.2) is 34.3 Å². The molecule has 1 unspecified atom stereocenters. The second-order valence-electron chi connectivity index (χ2n) is 8.40. The van der Waals surface area contributed by atoms with Gasteiger partial charge in [0, 0.05) is 12.0 Å². The summed E-state index contributed by atoms with van der Waals surface area (Å²) in [5.41, 5.74) is 1.89. The highest BCUT2D eigenvalue weighted by molar-refractivity contribution is 8.16. The number of amides is 2. The lowest BCUT2D eigenvalue weighted by Crippen LogP contribution is -2.46. The molecule has 1 saturated heterocycles. The molecule has 0 aromatic heterocycles. The van der Waals surface area contributed by atoms with Crippen LogP contribution in [0.2, 0.25) is 0 Å². The molecule has 1 aliphatic heterocycles. The Bertz CT molecular complexity index is 1350. The molecule has 0 spiro atoms. The van der Waals surface area contributed by atoms with E-state index in [1.54, 1.807) is 60.7 Å². The van der Waals surface area contributed by atoms with Gasteiger partial charge in [-0.25, -0.2) is 4.79 Å².